The molecule has 0 fully saturated rings. The maximum atomic E-state index is 9.93. The van der Waals surface area contributed by atoms with Gasteiger partial charge in [0.2, 0.25) is 0 Å². The van der Waals surface area contributed by atoms with E-state index in [0.717, 1.165) is 16.9 Å². The molecule has 1 aromatic heterocycles. The van der Waals surface area contributed by atoms with E-state index in [0.29, 0.717) is 26.2 Å². The highest BCUT2D eigenvalue weighted by Crippen LogP contribution is 2.15. The number of imidazole rings is 1. The van der Waals surface area contributed by atoms with Crippen LogP contribution in [0.2, 0.25) is 0 Å². The Balaban J connectivity index is 1.95. The Hall–Kier alpha value is -1.43. The number of rotatable bonds is 7. The summed E-state index contributed by atoms with van der Waals surface area (Å²) in [4.78, 5) is 4.52. The molecule has 5 heteroatoms. The molecule has 1 unspecified atom stereocenters. The number of aryl methyl sites for hydroxylation is 1. The van der Waals surface area contributed by atoms with Crippen LogP contribution in [-0.2, 0) is 22.9 Å². The van der Waals surface area contributed by atoms with Gasteiger partial charge in [-0.15, -0.1) is 0 Å². The number of hydrogen-bond donors (Lipinski definition) is 1. The van der Waals surface area contributed by atoms with E-state index in [1.165, 1.54) is 0 Å². The highest BCUT2D eigenvalue weighted by molar-refractivity contribution is 5.75. The van der Waals surface area contributed by atoms with Gasteiger partial charge in [0.25, 0.3) is 0 Å². The van der Waals surface area contributed by atoms with Crippen LogP contribution in [0, 0.1) is 0 Å². The molecular weight excluding hydrogens is 244 g/mol. The van der Waals surface area contributed by atoms with Crippen LogP contribution >= 0.6 is 0 Å². The van der Waals surface area contributed by atoms with Crippen molar-refractivity contribution in [3.05, 3.63) is 30.1 Å². The molecule has 1 N–H and O–H groups in total. The van der Waals surface area contributed by atoms with E-state index in [9.17, 15) is 5.11 Å². The second kappa shape index (κ2) is 6.65. The third-order valence-corrected chi connectivity index (χ3v) is 3.04. The third kappa shape index (κ3) is 3.53. The molecule has 1 atom stereocenters. The molecule has 104 valence electrons. The van der Waals surface area contributed by atoms with Crippen LogP contribution < -0.4 is 0 Å². The average molecular weight is 264 g/mol. The molecule has 0 aliphatic heterocycles. The number of nitrogens with zero attached hydrogens (tertiary/aromatic N) is 2. The van der Waals surface area contributed by atoms with Crippen molar-refractivity contribution in [3.8, 4) is 0 Å². The SMILES string of the molecule is COCCOCC(O)Cc1nc2ccccc2n1C. The molecule has 0 aliphatic rings. The van der Waals surface area contributed by atoms with E-state index >= 15 is 0 Å². The molecular formula is C14H20N2O3. The lowest BCUT2D eigenvalue weighted by atomic mass is 10.2. The van der Waals surface area contributed by atoms with Gasteiger partial charge in [-0.2, -0.15) is 0 Å². The Morgan fingerprint density at radius 3 is 2.84 bits per heavy atom. The van der Waals surface area contributed by atoms with Crippen molar-refractivity contribution in [2.75, 3.05) is 26.9 Å². The van der Waals surface area contributed by atoms with Crippen LogP contribution in [-0.4, -0.2) is 47.7 Å². The third-order valence-electron chi connectivity index (χ3n) is 3.04. The number of hydrogen-bond acceptors (Lipinski definition) is 4. The minimum atomic E-state index is -0.549. The number of methoxy groups -OCH3 is 1. The number of benzene rings is 1. The fourth-order valence-electron chi connectivity index (χ4n) is 2.01. The first kappa shape index (κ1) is 14.0. The van der Waals surface area contributed by atoms with Crippen LogP contribution in [0.15, 0.2) is 24.3 Å². The Labute approximate surface area is 112 Å². The van der Waals surface area contributed by atoms with E-state index in [1.54, 1.807) is 7.11 Å². The molecule has 0 bridgehead atoms. The van der Waals surface area contributed by atoms with E-state index in [2.05, 4.69) is 4.98 Å². The molecule has 19 heavy (non-hydrogen) atoms. The predicted octanol–water partition coefficient (Wildman–Crippen LogP) is 1.14. The van der Waals surface area contributed by atoms with Crippen LogP contribution in [0.1, 0.15) is 5.82 Å². The normalized spacial score (nSPS) is 13.0. The molecule has 1 heterocycles. The molecule has 2 aromatic rings. The minimum absolute atomic E-state index is 0.298. The van der Waals surface area contributed by atoms with Gasteiger partial charge in [0.15, 0.2) is 0 Å². The largest absolute Gasteiger partial charge is 0.390 e. The Bertz CT molecular complexity index is 524. The summed E-state index contributed by atoms with van der Waals surface area (Å²) in [5, 5.41) is 9.93. The van der Waals surface area contributed by atoms with Crippen molar-refractivity contribution in [3.63, 3.8) is 0 Å². The zero-order chi connectivity index (χ0) is 13.7. The molecule has 0 spiro atoms. The lowest BCUT2D eigenvalue weighted by Gasteiger charge is -2.11. The zero-order valence-electron chi connectivity index (χ0n) is 11.4. The lowest BCUT2D eigenvalue weighted by Crippen LogP contribution is -2.21. The first-order valence-corrected chi connectivity index (χ1v) is 6.37. The molecule has 0 saturated heterocycles. The summed E-state index contributed by atoms with van der Waals surface area (Å²) >= 11 is 0. The summed E-state index contributed by atoms with van der Waals surface area (Å²) < 4.78 is 12.2. The van der Waals surface area contributed by atoms with Crippen LogP contribution in [0.5, 0.6) is 0 Å². The van der Waals surface area contributed by atoms with Crippen molar-refractivity contribution in [2.24, 2.45) is 7.05 Å². The number of fused-ring (bicyclic) bond motifs is 1. The number of para-hydroxylation sites is 2. The maximum Gasteiger partial charge on any atom is 0.112 e. The fraction of sp³-hybridized carbons (Fsp3) is 0.500. The van der Waals surface area contributed by atoms with Gasteiger partial charge >= 0.3 is 0 Å². The second-order valence-electron chi connectivity index (χ2n) is 4.50. The number of aliphatic hydroxyl groups is 1. The Kier molecular flexibility index (Phi) is 4.90. The molecule has 0 amide bonds. The van der Waals surface area contributed by atoms with Gasteiger partial charge in [-0.25, -0.2) is 4.98 Å². The van der Waals surface area contributed by atoms with Crippen molar-refractivity contribution >= 4 is 11.0 Å². The standard InChI is InChI=1S/C14H20N2O3/c1-16-13-6-4-3-5-12(13)15-14(16)9-11(17)10-19-8-7-18-2/h3-6,11,17H,7-10H2,1-2H3. The monoisotopic (exact) mass is 264 g/mol. The molecule has 0 radical (unpaired) electrons. The van der Waals surface area contributed by atoms with Crippen LogP contribution in [0.25, 0.3) is 11.0 Å². The van der Waals surface area contributed by atoms with Crippen molar-refractivity contribution in [1.29, 1.82) is 0 Å². The highest BCUT2D eigenvalue weighted by Gasteiger charge is 2.12. The Morgan fingerprint density at radius 2 is 2.11 bits per heavy atom. The minimum Gasteiger partial charge on any atom is -0.390 e. The zero-order valence-corrected chi connectivity index (χ0v) is 11.4. The van der Waals surface area contributed by atoms with Gasteiger partial charge in [0.1, 0.15) is 5.82 Å². The van der Waals surface area contributed by atoms with E-state index < -0.39 is 6.10 Å². The first-order valence-electron chi connectivity index (χ1n) is 6.37. The van der Waals surface area contributed by atoms with Crippen molar-refractivity contribution in [1.82, 2.24) is 9.55 Å². The maximum absolute atomic E-state index is 9.93. The summed E-state index contributed by atoms with van der Waals surface area (Å²) in [6, 6.07) is 7.94. The molecule has 2 rings (SSSR count). The fourth-order valence-corrected chi connectivity index (χ4v) is 2.01. The molecule has 5 nitrogen and oxygen atoms in total. The summed E-state index contributed by atoms with van der Waals surface area (Å²) in [6.45, 7) is 1.33. The van der Waals surface area contributed by atoms with E-state index in [1.807, 2.05) is 35.9 Å². The van der Waals surface area contributed by atoms with E-state index in [-0.39, 0.29) is 0 Å². The van der Waals surface area contributed by atoms with Gasteiger partial charge in [-0.05, 0) is 12.1 Å². The second-order valence-corrected chi connectivity index (χ2v) is 4.50. The number of aromatic nitrogens is 2. The van der Waals surface area contributed by atoms with E-state index in [4.69, 9.17) is 9.47 Å². The van der Waals surface area contributed by atoms with Gasteiger partial charge in [-0.1, -0.05) is 12.1 Å². The summed E-state index contributed by atoms with van der Waals surface area (Å²) in [7, 11) is 3.59. The summed E-state index contributed by atoms with van der Waals surface area (Å²) in [6.07, 6.45) is -0.0644. The molecule has 0 aliphatic carbocycles. The predicted molar refractivity (Wildman–Crippen MR) is 73.1 cm³/mol. The van der Waals surface area contributed by atoms with Gasteiger partial charge in [0, 0.05) is 20.6 Å². The quantitative estimate of drug-likeness (QED) is 0.762. The van der Waals surface area contributed by atoms with Crippen LogP contribution in [0.4, 0.5) is 0 Å². The van der Waals surface area contributed by atoms with Crippen LogP contribution in [0.3, 0.4) is 0 Å². The first-order chi connectivity index (χ1) is 9.22. The molecule has 1 aromatic carbocycles. The van der Waals surface area contributed by atoms with Gasteiger partial charge in [-0.3, -0.25) is 0 Å². The average Bonchev–Trinajstić information content (AvgIpc) is 2.72. The van der Waals surface area contributed by atoms with Crippen molar-refractivity contribution < 1.29 is 14.6 Å². The number of aliphatic hydroxyl groups excluding tert-OH is 1. The van der Waals surface area contributed by atoms with Crippen molar-refractivity contribution in [2.45, 2.75) is 12.5 Å². The topological polar surface area (TPSA) is 56.5 Å². The summed E-state index contributed by atoms with van der Waals surface area (Å²) in [5.41, 5.74) is 2.03. The lowest BCUT2D eigenvalue weighted by molar-refractivity contribution is 0.0128. The van der Waals surface area contributed by atoms with Gasteiger partial charge < -0.3 is 19.1 Å². The summed E-state index contributed by atoms with van der Waals surface area (Å²) in [5.74, 6) is 0.865. The Morgan fingerprint density at radius 1 is 1.32 bits per heavy atom. The highest BCUT2D eigenvalue weighted by atomic mass is 16.5. The smallest absolute Gasteiger partial charge is 0.112 e. The van der Waals surface area contributed by atoms with Gasteiger partial charge in [0.05, 0.1) is 37.0 Å². The number of ether oxygens (including phenoxy) is 2. The molecule has 0 saturated carbocycles.